The smallest absolute Gasteiger partial charge is 0.122 e. The summed E-state index contributed by atoms with van der Waals surface area (Å²) in [6.07, 6.45) is 2.50. The number of nitrogens with two attached hydrogens (primary N) is 1. The molecule has 2 N–H and O–H groups in total. The van der Waals surface area contributed by atoms with E-state index in [1.54, 1.807) is 0 Å². The van der Waals surface area contributed by atoms with Crippen molar-refractivity contribution in [1.82, 2.24) is 9.80 Å². The van der Waals surface area contributed by atoms with Gasteiger partial charge in [0.1, 0.15) is 11.5 Å². The Hall–Kier alpha value is -0.840. The lowest BCUT2D eigenvalue weighted by molar-refractivity contribution is 0.120. The average molecular weight is 265 g/mol. The molecule has 3 unspecified atom stereocenters. The molecule has 1 fully saturated rings. The monoisotopic (exact) mass is 265 g/mol. The topological polar surface area (TPSA) is 45.6 Å². The van der Waals surface area contributed by atoms with E-state index in [1.165, 1.54) is 12.8 Å². The Kier molecular flexibility index (Phi) is 4.66. The Morgan fingerprint density at radius 2 is 2.21 bits per heavy atom. The summed E-state index contributed by atoms with van der Waals surface area (Å²) in [5, 5.41) is 0. The summed E-state index contributed by atoms with van der Waals surface area (Å²) in [5.41, 5.74) is 6.24. The fraction of sp³-hybridized carbons (Fsp3) is 0.733. The summed E-state index contributed by atoms with van der Waals surface area (Å²) in [7, 11) is 4.27. The minimum absolute atomic E-state index is 0.0771. The Labute approximate surface area is 116 Å². The molecule has 0 saturated carbocycles. The van der Waals surface area contributed by atoms with Crippen molar-refractivity contribution >= 4 is 0 Å². The van der Waals surface area contributed by atoms with Gasteiger partial charge in [0, 0.05) is 18.6 Å². The first-order valence-electron chi connectivity index (χ1n) is 7.21. The van der Waals surface area contributed by atoms with Crippen LogP contribution < -0.4 is 5.73 Å². The molecule has 2 rings (SSSR count). The highest BCUT2D eigenvalue weighted by Gasteiger charge is 2.35. The molecule has 4 heteroatoms. The molecule has 0 radical (unpaired) electrons. The molecule has 0 spiro atoms. The zero-order chi connectivity index (χ0) is 14.0. The van der Waals surface area contributed by atoms with Gasteiger partial charge in [-0.15, -0.1) is 0 Å². The van der Waals surface area contributed by atoms with E-state index in [0.717, 1.165) is 24.6 Å². The summed E-state index contributed by atoms with van der Waals surface area (Å²) >= 11 is 0. The van der Waals surface area contributed by atoms with Crippen LogP contribution in [0.15, 0.2) is 16.5 Å². The summed E-state index contributed by atoms with van der Waals surface area (Å²) in [5.74, 6) is 1.97. The molecule has 0 aromatic carbocycles. The molecule has 1 aromatic heterocycles. The zero-order valence-electron chi connectivity index (χ0n) is 12.6. The van der Waals surface area contributed by atoms with Gasteiger partial charge in [0.05, 0.1) is 6.04 Å². The van der Waals surface area contributed by atoms with Crippen LogP contribution in [0.25, 0.3) is 0 Å². The van der Waals surface area contributed by atoms with Gasteiger partial charge in [0.15, 0.2) is 0 Å². The fourth-order valence-corrected chi connectivity index (χ4v) is 3.18. The van der Waals surface area contributed by atoms with Gasteiger partial charge >= 0.3 is 0 Å². The summed E-state index contributed by atoms with van der Waals surface area (Å²) in [4.78, 5) is 4.79. The molecule has 3 atom stereocenters. The van der Waals surface area contributed by atoms with Gasteiger partial charge in [-0.1, -0.05) is 0 Å². The second kappa shape index (κ2) is 6.07. The number of nitrogens with zero attached hydrogens (tertiary/aromatic N) is 2. The van der Waals surface area contributed by atoms with Crippen LogP contribution >= 0.6 is 0 Å². The molecule has 1 aliphatic heterocycles. The maximum atomic E-state index is 6.24. The maximum Gasteiger partial charge on any atom is 0.122 e. The van der Waals surface area contributed by atoms with Crippen molar-refractivity contribution in [1.29, 1.82) is 0 Å². The van der Waals surface area contributed by atoms with Crippen LogP contribution in [0.2, 0.25) is 0 Å². The average Bonchev–Trinajstić information content (AvgIpc) is 2.89. The lowest BCUT2D eigenvalue weighted by Crippen LogP contribution is -2.45. The van der Waals surface area contributed by atoms with Crippen molar-refractivity contribution < 1.29 is 4.42 Å². The lowest BCUT2D eigenvalue weighted by atomic mass is 10.0. The van der Waals surface area contributed by atoms with Gasteiger partial charge in [-0.05, 0) is 59.5 Å². The third-order valence-electron chi connectivity index (χ3n) is 3.91. The maximum absolute atomic E-state index is 6.24. The van der Waals surface area contributed by atoms with Crippen molar-refractivity contribution in [2.45, 2.75) is 44.8 Å². The Balaban J connectivity index is 2.18. The predicted molar refractivity (Wildman–Crippen MR) is 78.1 cm³/mol. The molecule has 19 heavy (non-hydrogen) atoms. The highest BCUT2D eigenvalue weighted by molar-refractivity contribution is 5.13. The number of aryl methyl sites for hydroxylation is 1. The number of hydrogen-bond acceptors (Lipinski definition) is 4. The predicted octanol–water partition coefficient (Wildman–Crippen LogP) is 2.00. The van der Waals surface area contributed by atoms with Crippen molar-refractivity contribution in [2.24, 2.45) is 5.73 Å². The second-order valence-electron chi connectivity index (χ2n) is 6.05. The summed E-state index contributed by atoms with van der Waals surface area (Å²) < 4.78 is 5.84. The highest BCUT2D eigenvalue weighted by Crippen LogP contribution is 2.32. The van der Waals surface area contributed by atoms with Crippen molar-refractivity contribution in [3.05, 3.63) is 23.7 Å². The van der Waals surface area contributed by atoms with E-state index in [1.807, 2.05) is 13.0 Å². The Morgan fingerprint density at radius 1 is 1.47 bits per heavy atom. The van der Waals surface area contributed by atoms with E-state index in [-0.39, 0.29) is 12.1 Å². The van der Waals surface area contributed by atoms with E-state index >= 15 is 0 Å². The molecule has 1 saturated heterocycles. The minimum Gasteiger partial charge on any atom is -0.465 e. The van der Waals surface area contributed by atoms with Crippen LogP contribution in [-0.2, 0) is 0 Å². The Morgan fingerprint density at radius 3 is 2.74 bits per heavy atom. The van der Waals surface area contributed by atoms with Crippen molar-refractivity contribution in [3.8, 4) is 0 Å². The molecule has 0 aliphatic carbocycles. The van der Waals surface area contributed by atoms with E-state index in [9.17, 15) is 0 Å². The fourth-order valence-electron chi connectivity index (χ4n) is 3.18. The zero-order valence-corrected chi connectivity index (χ0v) is 12.6. The van der Waals surface area contributed by atoms with Crippen LogP contribution in [-0.4, -0.2) is 49.1 Å². The number of furan rings is 1. The largest absolute Gasteiger partial charge is 0.465 e. The molecule has 1 aromatic rings. The van der Waals surface area contributed by atoms with E-state index in [0.29, 0.717) is 6.04 Å². The molecule has 0 bridgehead atoms. The van der Waals surface area contributed by atoms with Gasteiger partial charge in [-0.25, -0.2) is 0 Å². The molecular weight excluding hydrogens is 238 g/mol. The standard InChI is InChI=1S/C15H27N3O/c1-11-7-8-14(19-11)15(12(2)16)18-9-5-6-13(18)10-17(3)4/h7-8,12-13,15H,5-6,9-10,16H2,1-4H3. The molecule has 108 valence electrons. The number of rotatable bonds is 5. The molecular formula is C15H27N3O. The number of likely N-dealkylation sites (tertiary alicyclic amines) is 1. The van der Waals surface area contributed by atoms with Gasteiger partial charge in [0.2, 0.25) is 0 Å². The van der Waals surface area contributed by atoms with E-state index in [4.69, 9.17) is 10.2 Å². The molecule has 1 aliphatic rings. The normalized spacial score (nSPS) is 24.0. The van der Waals surface area contributed by atoms with Crippen molar-refractivity contribution in [3.63, 3.8) is 0 Å². The van der Waals surface area contributed by atoms with Gasteiger partial charge < -0.3 is 15.1 Å². The number of likely N-dealkylation sites (N-methyl/N-ethyl adjacent to an activating group) is 1. The summed E-state index contributed by atoms with van der Waals surface area (Å²) in [6.45, 7) is 6.27. The number of hydrogen-bond donors (Lipinski definition) is 1. The first-order valence-corrected chi connectivity index (χ1v) is 7.21. The minimum atomic E-state index is 0.0771. The van der Waals surface area contributed by atoms with Gasteiger partial charge in [0.25, 0.3) is 0 Å². The van der Waals surface area contributed by atoms with Crippen LogP contribution in [0, 0.1) is 6.92 Å². The summed E-state index contributed by atoms with van der Waals surface area (Å²) in [6, 6.07) is 4.96. The Bertz CT molecular complexity index is 400. The lowest BCUT2D eigenvalue weighted by Gasteiger charge is -2.35. The molecule has 2 heterocycles. The van der Waals surface area contributed by atoms with Crippen LogP contribution in [0.1, 0.15) is 37.3 Å². The SMILES string of the molecule is Cc1ccc(C(C(C)N)N2CCCC2CN(C)C)o1. The quantitative estimate of drug-likeness (QED) is 0.884. The van der Waals surface area contributed by atoms with Gasteiger partial charge in [-0.2, -0.15) is 0 Å². The third kappa shape index (κ3) is 3.38. The highest BCUT2D eigenvalue weighted by atomic mass is 16.3. The van der Waals surface area contributed by atoms with Crippen LogP contribution in [0.3, 0.4) is 0 Å². The molecule has 0 amide bonds. The molecule has 4 nitrogen and oxygen atoms in total. The van der Waals surface area contributed by atoms with Crippen LogP contribution in [0.4, 0.5) is 0 Å². The van der Waals surface area contributed by atoms with E-state index in [2.05, 4.69) is 36.9 Å². The van der Waals surface area contributed by atoms with Crippen molar-refractivity contribution in [2.75, 3.05) is 27.2 Å². The van der Waals surface area contributed by atoms with E-state index < -0.39 is 0 Å². The first-order chi connectivity index (χ1) is 8.99. The first kappa shape index (κ1) is 14.6. The second-order valence-corrected chi connectivity index (χ2v) is 6.05. The van der Waals surface area contributed by atoms with Gasteiger partial charge in [-0.3, -0.25) is 4.90 Å². The third-order valence-corrected chi connectivity index (χ3v) is 3.91. The van der Waals surface area contributed by atoms with Crippen LogP contribution in [0.5, 0.6) is 0 Å².